The number of ether oxygens (including phenoxy) is 1. The van der Waals surface area contributed by atoms with Crippen LogP contribution < -0.4 is 5.32 Å². The van der Waals surface area contributed by atoms with Crippen LogP contribution in [0.2, 0.25) is 0 Å². The van der Waals surface area contributed by atoms with Crippen LogP contribution in [-0.4, -0.2) is 19.8 Å². The average Bonchev–Trinajstić information content (AvgIpc) is 2.26. The van der Waals surface area contributed by atoms with Crippen molar-refractivity contribution in [1.82, 2.24) is 5.32 Å². The number of hydrogen-bond acceptors (Lipinski definition) is 2. The van der Waals surface area contributed by atoms with Crippen LogP contribution in [0.3, 0.4) is 0 Å². The van der Waals surface area contributed by atoms with Gasteiger partial charge in [0.15, 0.2) is 0 Å². The third-order valence-electron chi connectivity index (χ3n) is 2.68. The minimum atomic E-state index is 0.810. The van der Waals surface area contributed by atoms with Gasteiger partial charge in [-0.2, -0.15) is 0 Å². The summed E-state index contributed by atoms with van der Waals surface area (Å²) in [5, 5.41) is 3.41. The van der Waals surface area contributed by atoms with Crippen LogP contribution in [0.25, 0.3) is 0 Å². The highest BCUT2D eigenvalue weighted by Crippen LogP contribution is 2.08. The van der Waals surface area contributed by atoms with Crippen molar-refractivity contribution < 1.29 is 4.74 Å². The Kier molecular flexibility index (Phi) is 6.90. The molecule has 17 heavy (non-hydrogen) atoms. The van der Waals surface area contributed by atoms with Gasteiger partial charge in [0.25, 0.3) is 0 Å². The zero-order chi connectivity index (χ0) is 12.5. The van der Waals surface area contributed by atoms with Crippen molar-refractivity contribution in [3.05, 3.63) is 34.9 Å². The summed E-state index contributed by atoms with van der Waals surface area (Å²) < 4.78 is 5.50. The molecule has 1 aromatic rings. The minimum absolute atomic E-state index is 0.810. The lowest BCUT2D eigenvalue weighted by atomic mass is 10.1. The quantitative estimate of drug-likeness (QED) is 0.699. The van der Waals surface area contributed by atoms with Crippen molar-refractivity contribution >= 4 is 0 Å². The van der Waals surface area contributed by atoms with Crippen molar-refractivity contribution in [2.45, 2.75) is 40.2 Å². The Morgan fingerprint density at radius 2 is 1.76 bits per heavy atom. The lowest BCUT2D eigenvalue weighted by molar-refractivity contribution is 0.133. The zero-order valence-electron chi connectivity index (χ0n) is 11.4. The summed E-state index contributed by atoms with van der Waals surface area (Å²) in [6.45, 7) is 10.0. The molecule has 0 radical (unpaired) electrons. The predicted octanol–water partition coefficient (Wildman–Crippen LogP) is 3.21. The van der Waals surface area contributed by atoms with E-state index in [9.17, 15) is 0 Å². The van der Waals surface area contributed by atoms with E-state index in [1.165, 1.54) is 23.1 Å². The molecule has 0 saturated carbocycles. The lowest BCUT2D eigenvalue weighted by Gasteiger charge is -2.07. The fourth-order valence-electron chi connectivity index (χ4n) is 1.90. The number of unbranched alkanes of at least 4 members (excludes halogenated alkanes) is 1. The van der Waals surface area contributed by atoms with E-state index in [0.717, 1.165) is 32.7 Å². The summed E-state index contributed by atoms with van der Waals surface area (Å²) in [5.41, 5.74) is 4.03. The minimum Gasteiger partial charge on any atom is -0.380 e. The van der Waals surface area contributed by atoms with Crippen molar-refractivity contribution in [2.24, 2.45) is 0 Å². The van der Waals surface area contributed by atoms with E-state index in [-0.39, 0.29) is 0 Å². The van der Waals surface area contributed by atoms with Crippen LogP contribution in [0.1, 0.15) is 36.5 Å². The molecule has 1 N–H and O–H groups in total. The first-order chi connectivity index (χ1) is 8.22. The number of hydrogen-bond donors (Lipinski definition) is 1. The molecule has 0 bridgehead atoms. The van der Waals surface area contributed by atoms with Crippen LogP contribution in [-0.2, 0) is 11.3 Å². The maximum absolute atomic E-state index is 5.50. The SMILES string of the molecule is CCCCOCCNCc1cc(C)cc(C)c1. The van der Waals surface area contributed by atoms with Gasteiger partial charge in [0.2, 0.25) is 0 Å². The molecule has 2 nitrogen and oxygen atoms in total. The van der Waals surface area contributed by atoms with Gasteiger partial charge in [-0.25, -0.2) is 0 Å². The molecule has 0 unspecified atom stereocenters. The van der Waals surface area contributed by atoms with Gasteiger partial charge in [-0.15, -0.1) is 0 Å². The highest BCUT2D eigenvalue weighted by atomic mass is 16.5. The van der Waals surface area contributed by atoms with Gasteiger partial charge in [-0.3, -0.25) is 0 Å². The molecule has 0 spiro atoms. The Morgan fingerprint density at radius 1 is 1.06 bits per heavy atom. The molecule has 0 aliphatic carbocycles. The van der Waals surface area contributed by atoms with Gasteiger partial charge in [0.05, 0.1) is 6.61 Å². The average molecular weight is 235 g/mol. The summed E-state index contributed by atoms with van der Waals surface area (Å²) in [6, 6.07) is 6.67. The van der Waals surface area contributed by atoms with Crippen molar-refractivity contribution in [1.29, 1.82) is 0 Å². The molecule has 0 aliphatic heterocycles. The normalized spacial score (nSPS) is 10.8. The molecular formula is C15H25NO. The number of benzene rings is 1. The summed E-state index contributed by atoms with van der Waals surface area (Å²) in [7, 11) is 0. The molecule has 2 heteroatoms. The van der Waals surface area contributed by atoms with Crippen LogP contribution >= 0.6 is 0 Å². The van der Waals surface area contributed by atoms with Crippen molar-refractivity contribution in [2.75, 3.05) is 19.8 Å². The molecule has 0 aromatic heterocycles. The molecule has 0 fully saturated rings. The van der Waals surface area contributed by atoms with E-state index in [1.807, 2.05) is 0 Å². The predicted molar refractivity (Wildman–Crippen MR) is 73.3 cm³/mol. The van der Waals surface area contributed by atoms with E-state index >= 15 is 0 Å². The van der Waals surface area contributed by atoms with E-state index in [2.05, 4.69) is 44.3 Å². The Balaban J connectivity index is 2.13. The number of nitrogens with one attached hydrogen (secondary N) is 1. The van der Waals surface area contributed by atoms with Gasteiger partial charge >= 0.3 is 0 Å². The van der Waals surface area contributed by atoms with Crippen LogP contribution in [0.4, 0.5) is 0 Å². The van der Waals surface area contributed by atoms with Crippen molar-refractivity contribution in [3.63, 3.8) is 0 Å². The summed E-state index contributed by atoms with van der Waals surface area (Å²) in [4.78, 5) is 0. The summed E-state index contributed by atoms with van der Waals surface area (Å²) in [5.74, 6) is 0. The molecule has 1 aromatic carbocycles. The topological polar surface area (TPSA) is 21.3 Å². The second-order valence-corrected chi connectivity index (χ2v) is 4.64. The fourth-order valence-corrected chi connectivity index (χ4v) is 1.90. The molecular weight excluding hydrogens is 210 g/mol. The second kappa shape index (κ2) is 8.26. The van der Waals surface area contributed by atoms with E-state index in [4.69, 9.17) is 4.74 Å². The first kappa shape index (κ1) is 14.2. The second-order valence-electron chi connectivity index (χ2n) is 4.64. The largest absolute Gasteiger partial charge is 0.380 e. The molecule has 0 amide bonds. The number of rotatable bonds is 8. The lowest BCUT2D eigenvalue weighted by Crippen LogP contribution is -2.19. The molecule has 0 aliphatic rings. The van der Waals surface area contributed by atoms with Crippen molar-refractivity contribution in [3.8, 4) is 0 Å². The van der Waals surface area contributed by atoms with Gasteiger partial charge in [0.1, 0.15) is 0 Å². The fraction of sp³-hybridized carbons (Fsp3) is 0.600. The third-order valence-corrected chi connectivity index (χ3v) is 2.68. The van der Waals surface area contributed by atoms with E-state index in [1.54, 1.807) is 0 Å². The Bertz CT molecular complexity index is 302. The Morgan fingerprint density at radius 3 is 2.41 bits per heavy atom. The summed E-state index contributed by atoms with van der Waals surface area (Å²) in [6.07, 6.45) is 2.37. The van der Waals surface area contributed by atoms with Gasteiger partial charge in [0, 0.05) is 19.7 Å². The maximum atomic E-state index is 5.50. The molecule has 1 rings (SSSR count). The smallest absolute Gasteiger partial charge is 0.0591 e. The maximum Gasteiger partial charge on any atom is 0.0591 e. The monoisotopic (exact) mass is 235 g/mol. The van der Waals surface area contributed by atoms with E-state index in [0.29, 0.717) is 0 Å². The van der Waals surface area contributed by atoms with Gasteiger partial charge in [-0.05, 0) is 25.8 Å². The molecule has 96 valence electrons. The van der Waals surface area contributed by atoms with Crippen LogP contribution in [0.15, 0.2) is 18.2 Å². The Labute approximate surface area is 105 Å². The first-order valence-corrected chi connectivity index (χ1v) is 6.58. The number of aryl methyl sites for hydroxylation is 2. The van der Waals surface area contributed by atoms with E-state index < -0.39 is 0 Å². The Hall–Kier alpha value is -0.860. The standard InChI is InChI=1S/C15H25NO/c1-4-5-7-17-8-6-16-12-15-10-13(2)9-14(3)11-15/h9-11,16H,4-8,12H2,1-3H3. The first-order valence-electron chi connectivity index (χ1n) is 6.58. The summed E-state index contributed by atoms with van der Waals surface area (Å²) >= 11 is 0. The molecule has 0 heterocycles. The van der Waals surface area contributed by atoms with Crippen LogP contribution in [0, 0.1) is 13.8 Å². The highest BCUT2D eigenvalue weighted by molar-refractivity contribution is 5.28. The molecule has 0 atom stereocenters. The van der Waals surface area contributed by atoms with Gasteiger partial charge < -0.3 is 10.1 Å². The third kappa shape index (κ3) is 6.44. The molecule has 0 saturated heterocycles. The highest BCUT2D eigenvalue weighted by Gasteiger charge is 1.95. The zero-order valence-corrected chi connectivity index (χ0v) is 11.4. The van der Waals surface area contributed by atoms with Crippen LogP contribution in [0.5, 0.6) is 0 Å². The van der Waals surface area contributed by atoms with Gasteiger partial charge in [-0.1, -0.05) is 42.7 Å².